The summed E-state index contributed by atoms with van der Waals surface area (Å²) < 4.78 is 0. The zero-order chi connectivity index (χ0) is 14.5. The van der Waals surface area contributed by atoms with E-state index in [0.29, 0.717) is 5.92 Å². The van der Waals surface area contributed by atoms with Crippen molar-refractivity contribution >= 4 is 0 Å². The van der Waals surface area contributed by atoms with Crippen molar-refractivity contribution in [3.63, 3.8) is 0 Å². The van der Waals surface area contributed by atoms with E-state index in [0.717, 1.165) is 6.42 Å². The third kappa shape index (κ3) is 11.4. The van der Waals surface area contributed by atoms with E-state index in [1.54, 1.807) is 6.92 Å². The Labute approximate surface area is 120 Å². The van der Waals surface area contributed by atoms with Crippen LogP contribution < -0.4 is 0 Å². The standard InChI is InChI=1S/C17H36O2/c1-4-6-8-10-12-16(13-11-9-7-5-2)14-17(19)15(3)18/h15-19H,4-14H2,1-3H3/t15-,17-/m1/s1. The van der Waals surface area contributed by atoms with Crippen LogP contribution in [0.1, 0.15) is 91.4 Å². The van der Waals surface area contributed by atoms with Crippen molar-refractivity contribution in [2.24, 2.45) is 5.92 Å². The molecule has 0 saturated heterocycles. The van der Waals surface area contributed by atoms with Gasteiger partial charge in [0.2, 0.25) is 0 Å². The highest BCUT2D eigenvalue weighted by molar-refractivity contribution is 4.69. The minimum atomic E-state index is -0.589. The summed E-state index contributed by atoms with van der Waals surface area (Å²) in [5.74, 6) is 0.596. The molecule has 0 aliphatic heterocycles. The Morgan fingerprint density at radius 1 is 0.737 bits per heavy atom. The fourth-order valence-corrected chi connectivity index (χ4v) is 2.64. The molecule has 0 aliphatic carbocycles. The predicted octanol–water partition coefficient (Wildman–Crippen LogP) is 4.68. The van der Waals surface area contributed by atoms with Crippen molar-refractivity contribution < 1.29 is 10.2 Å². The van der Waals surface area contributed by atoms with Crippen LogP contribution in [0.3, 0.4) is 0 Å². The van der Waals surface area contributed by atoms with Crippen molar-refractivity contribution in [1.29, 1.82) is 0 Å². The Hall–Kier alpha value is -0.0800. The quantitative estimate of drug-likeness (QED) is 0.478. The highest BCUT2D eigenvalue weighted by Gasteiger charge is 2.17. The third-order valence-corrected chi connectivity index (χ3v) is 4.06. The molecule has 0 amide bonds. The first-order valence-corrected chi connectivity index (χ1v) is 8.47. The van der Waals surface area contributed by atoms with Crippen LogP contribution in [-0.2, 0) is 0 Å². The molecule has 19 heavy (non-hydrogen) atoms. The molecule has 0 unspecified atom stereocenters. The van der Waals surface area contributed by atoms with Crippen LogP contribution in [0.4, 0.5) is 0 Å². The summed E-state index contributed by atoms with van der Waals surface area (Å²) >= 11 is 0. The Balaban J connectivity index is 3.92. The van der Waals surface area contributed by atoms with Gasteiger partial charge in [0.05, 0.1) is 12.2 Å². The maximum atomic E-state index is 9.85. The van der Waals surface area contributed by atoms with Crippen molar-refractivity contribution in [2.75, 3.05) is 0 Å². The summed E-state index contributed by atoms with van der Waals surface area (Å²) in [4.78, 5) is 0. The second kappa shape index (κ2) is 12.9. The Bertz CT molecular complexity index is 168. The second-order valence-corrected chi connectivity index (χ2v) is 6.11. The van der Waals surface area contributed by atoms with E-state index >= 15 is 0 Å². The summed E-state index contributed by atoms with van der Waals surface area (Å²) in [6.45, 7) is 6.16. The molecule has 0 spiro atoms. The van der Waals surface area contributed by atoms with Crippen LogP contribution in [-0.4, -0.2) is 22.4 Å². The molecule has 0 radical (unpaired) electrons. The maximum Gasteiger partial charge on any atom is 0.0799 e. The minimum absolute atomic E-state index is 0.539. The SMILES string of the molecule is CCCCCCC(CCCCCC)C[C@@H](O)[C@@H](C)O. The Morgan fingerprint density at radius 3 is 1.58 bits per heavy atom. The fourth-order valence-electron chi connectivity index (χ4n) is 2.64. The van der Waals surface area contributed by atoms with E-state index in [9.17, 15) is 10.2 Å². The molecule has 2 heteroatoms. The fraction of sp³-hybridized carbons (Fsp3) is 1.00. The van der Waals surface area contributed by atoms with Crippen LogP contribution in [0.2, 0.25) is 0 Å². The molecule has 0 fully saturated rings. The molecule has 2 atom stereocenters. The summed E-state index contributed by atoms with van der Waals surface area (Å²) in [6, 6.07) is 0. The average molecular weight is 272 g/mol. The highest BCUT2D eigenvalue weighted by atomic mass is 16.3. The molecule has 0 bridgehead atoms. The molecule has 2 N–H and O–H groups in total. The van der Waals surface area contributed by atoms with Gasteiger partial charge in [-0.3, -0.25) is 0 Å². The normalized spacial score (nSPS) is 14.8. The van der Waals surface area contributed by atoms with Crippen LogP contribution in [0.25, 0.3) is 0 Å². The Kier molecular flexibility index (Phi) is 12.9. The number of aliphatic hydroxyl groups is 2. The maximum absolute atomic E-state index is 9.85. The van der Waals surface area contributed by atoms with Crippen LogP contribution in [0.5, 0.6) is 0 Å². The molecule has 0 aromatic heterocycles. The zero-order valence-electron chi connectivity index (χ0n) is 13.4. The first kappa shape index (κ1) is 18.9. The predicted molar refractivity (Wildman–Crippen MR) is 83.3 cm³/mol. The third-order valence-electron chi connectivity index (χ3n) is 4.06. The molecular formula is C17H36O2. The molecule has 0 aromatic rings. The molecule has 0 heterocycles. The van der Waals surface area contributed by atoms with Gasteiger partial charge in [0.25, 0.3) is 0 Å². The lowest BCUT2D eigenvalue weighted by Gasteiger charge is -2.22. The monoisotopic (exact) mass is 272 g/mol. The molecule has 0 aliphatic rings. The van der Waals surface area contributed by atoms with Crippen LogP contribution in [0.15, 0.2) is 0 Å². The van der Waals surface area contributed by atoms with Gasteiger partial charge in [0.15, 0.2) is 0 Å². The van der Waals surface area contributed by atoms with Gasteiger partial charge in [-0.05, 0) is 19.3 Å². The largest absolute Gasteiger partial charge is 0.391 e. The van der Waals surface area contributed by atoms with E-state index < -0.39 is 12.2 Å². The lowest BCUT2D eigenvalue weighted by atomic mass is 9.88. The Morgan fingerprint density at radius 2 is 1.21 bits per heavy atom. The highest BCUT2D eigenvalue weighted by Crippen LogP contribution is 2.23. The van der Waals surface area contributed by atoms with Crippen LogP contribution in [0, 0.1) is 5.92 Å². The van der Waals surface area contributed by atoms with Gasteiger partial charge in [-0.1, -0.05) is 78.1 Å². The number of hydrogen-bond donors (Lipinski definition) is 2. The van der Waals surface area contributed by atoms with Gasteiger partial charge < -0.3 is 10.2 Å². The average Bonchev–Trinajstić information content (AvgIpc) is 2.38. The number of unbranched alkanes of at least 4 members (excludes halogenated alkanes) is 6. The van der Waals surface area contributed by atoms with Crippen molar-refractivity contribution in [1.82, 2.24) is 0 Å². The summed E-state index contributed by atoms with van der Waals surface area (Å²) in [5, 5.41) is 19.3. The molecule has 0 aromatic carbocycles. The molecular weight excluding hydrogens is 236 g/mol. The lowest BCUT2D eigenvalue weighted by molar-refractivity contribution is 0.0137. The summed E-state index contributed by atoms with van der Waals surface area (Å²) in [7, 11) is 0. The smallest absolute Gasteiger partial charge is 0.0799 e. The van der Waals surface area contributed by atoms with E-state index in [-0.39, 0.29) is 0 Å². The van der Waals surface area contributed by atoms with E-state index in [2.05, 4.69) is 13.8 Å². The summed E-state index contributed by atoms with van der Waals surface area (Å²) in [5.41, 5.74) is 0. The first-order chi connectivity index (χ1) is 9.11. The number of aliphatic hydroxyl groups excluding tert-OH is 2. The molecule has 2 nitrogen and oxygen atoms in total. The van der Waals surface area contributed by atoms with Crippen molar-refractivity contribution in [2.45, 2.75) is 104 Å². The van der Waals surface area contributed by atoms with Gasteiger partial charge in [-0.2, -0.15) is 0 Å². The van der Waals surface area contributed by atoms with Gasteiger partial charge in [-0.25, -0.2) is 0 Å². The van der Waals surface area contributed by atoms with Gasteiger partial charge >= 0.3 is 0 Å². The number of hydrogen-bond acceptors (Lipinski definition) is 2. The van der Waals surface area contributed by atoms with Crippen molar-refractivity contribution in [3.05, 3.63) is 0 Å². The molecule has 0 rings (SSSR count). The molecule has 116 valence electrons. The van der Waals surface area contributed by atoms with Gasteiger partial charge in [0, 0.05) is 0 Å². The van der Waals surface area contributed by atoms with E-state index in [1.807, 2.05) is 0 Å². The van der Waals surface area contributed by atoms with E-state index in [4.69, 9.17) is 0 Å². The lowest BCUT2D eigenvalue weighted by Crippen LogP contribution is -2.25. The minimum Gasteiger partial charge on any atom is -0.391 e. The first-order valence-electron chi connectivity index (χ1n) is 8.47. The second-order valence-electron chi connectivity index (χ2n) is 6.11. The van der Waals surface area contributed by atoms with Gasteiger partial charge in [0.1, 0.15) is 0 Å². The van der Waals surface area contributed by atoms with E-state index in [1.165, 1.54) is 64.2 Å². The van der Waals surface area contributed by atoms with Crippen molar-refractivity contribution in [3.8, 4) is 0 Å². The molecule has 0 saturated carbocycles. The topological polar surface area (TPSA) is 40.5 Å². The zero-order valence-corrected chi connectivity index (χ0v) is 13.4. The van der Waals surface area contributed by atoms with Gasteiger partial charge in [-0.15, -0.1) is 0 Å². The number of rotatable bonds is 13. The summed E-state index contributed by atoms with van der Waals surface area (Å²) in [6.07, 6.45) is 12.5. The van der Waals surface area contributed by atoms with Crippen LogP contribution >= 0.6 is 0 Å².